The van der Waals surface area contributed by atoms with Crippen LogP contribution in [0.15, 0.2) is 47.4 Å². The molecule has 0 bridgehead atoms. The van der Waals surface area contributed by atoms with Crippen LogP contribution in [0.5, 0.6) is 0 Å². The second kappa shape index (κ2) is 8.83. The first-order valence-corrected chi connectivity index (χ1v) is 11.6. The Morgan fingerprint density at radius 3 is 2.73 bits per heavy atom. The molecule has 1 heterocycles. The number of nitrogens with zero attached hydrogens (tertiary/aromatic N) is 1. The Bertz CT molecular complexity index is 1040. The van der Waals surface area contributed by atoms with Crippen LogP contribution in [0.25, 0.3) is 0 Å². The Morgan fingerprint density at radius 2 is 1.93 bits per heavy atom. The van der Waals surface area contributed by atoms with E-state index in [9.17, 15) is 17.6 Å². The lowest BCUT2D eigenvalue weighted by Crippen LogP contribution is -2.40. The van der Waals surface area contributed by atoms with Gasteiger partial charge in [0.2, 0.25) is 15.9 Å². The molecule has 6 nitrogen and oxygen atoms in total. The van der Waals surface area contributed by atoms with Crippen LogP contribution in [0.1, 0.15) is 36.3 Å². The Labute approximate surface area is 176 Å². The van der Waals surface area contributed by atoms with E-state index < -0.39 is 20.7 Å². The van der Waals surface area contributed by atoms with E-state index in [0.717, 1.165) is 25.3 Å². The molecular formula is C22H25FN2O4S. The molecule has 2 aromatic rings. The van der Waals surface area contributed by atoms with Crippen LogP contribution >= 0.6 is 0 Å². The summed E-state index contributed by atoms with van der Waals surface area (Å²) in [6.07, 6.45) is 3.30. The third-order valence-electron chi connectivity index (χ3n) is 5.73. The second-order valence-electron chi connectivity index (χ2n) is 7.70. The van der Waals surface area contributed by atoms with Crippen LogP contribution in [0.2, 0.25) is 0 Å². The maximum Gasteiger partial charge on any atom is 0.246 e. The number of carbonyl (C=O) groups is 1. The van der Waals surface area contributed by atoms with Gasteiger partial charge >= 0.3 is 0 Å². The molecule has 160 valence electrons. The maximum absolute atomic E-state index is 14.3. The van der Waals surface area contributed by atoms with Gasteiger partial charge in [-0.2, -0.15) is 4.31 Å². The van der Waals surface area contributed by atoms with Crippen LogP contribution in [-0.4, -0.2) is 44.9 Å². The maximum atomic E-state index is 14.3. The molecule has 0 spiro atoms. The van der Waals surface area contributed by atoms with E-state index >= 15 is 0 Å². The number of hydrogen-bond donors (Lipinski definition) is 1. The Hall–Kier alpha value is -2.29. The largest absolute Gasteiger partial charge is 0.379 e. The summed E-state index contributed by atoms with van der Waals surface area (Å²) in [7, 11) is -3.99. The second-order valence-corrected chi connectivity index (χ2v) is 9.61. The van der Waals surface area contributed by atoms with Crippen molar-refractivity contribution in [1.29, 1.82) is 0 Å². The van der Waals surface area contributed by atoms with Crippen molar-refractivity contribution >= 4 is 21.6 Å². The zero-order valence-corrected chi connectivity index (χ0v) is 17.5. The fraction of sp³-hybridized carbons (Fsp3) is 0.409. The van der Waals surface area contributed by atoms with Crippen LogP contribution in [0.4, 0.5) is 10.1 Å². The fourth-order valence-corrected chi connectivity index (χ4v) is 5.71. The predicted octanol–water partition coefficient (Wildman–Crippen LogP) is 3.30. The number of halogens is 1. The Kier molecular flexibility index (Phi) is 6.17. The van der Waals surface area contributed by atoms with Crippen LogP contribution < -0.4 is 5.32 Å². The molecule has 1 N–H and O–H groups in total. The number of aryl methyl sites for hydroxylation is 1. The number of fused-ring (bicyclic) bond motifs is 1. The summed E-state index contributed by atoms with van der Waals surface area (Å²) >= 11 is 0. The molecule has 1 fully saturated rings. The van der Waals surface area contributed by atoms with Crippen LogP contribution in [0, 0.1) is 5.82 Å². The number of ether oxygens (including phenoxy) is 1. The molecule has 4 rings (SSSR count). The summed E-state index contributed by atoms with van der Waals surface area (Å²) in [6.45, 7) is 0.916. The number of rotatable bonds is 5. The average Bonchev–Trinajstić information content (AvgIpc) is 2.76. The van der Waals surface area contributed by atoms with Gasteiger partial charge in [0.1, 0.15) is 10.7 Å². The predicted molar refractivity (Wildman–Crippen MR) is 111 cm³/mol. The smallest absolute Gasteiger partial charge is 0.246 e. The van der Waals surface area contributed by atoms with E-state index in [2.05, 4.69) is 17.4 Å². The van der Waals surface area contributed by atoms with Gasteiger partial charge in [0.15, 0.2) is 0 Å². The highest BCUT2D eigenvalue weighted by Crippen LogP contribution is 2.34. The van der Waals surface area contributed by atoms with Crippen molar-refractivity contribution in [2.45, 2.75) is 36.5 Å². The standard InChI is InChI=1S/C22H25FN2O4S/c23-20-9-8-18(15-21(20)30(27,28)25-10-12-29-13-11-25)24-22(26)14-17-6-3-5-16-4-1-2-7-19(16)17/h1-2,4,7-9,15,17H,3,5-6,10-14H2,(H,24,26). The van der Waals surface area contributed by atoms with Crippen molar-refractivity contribution in [2.24, 2.45) is 0 Å². The first kappa shape index (κ1) is 21.0. The summed E-state index contributed by atoms with van der Waals surface area (Å²) < 4.78 is 46.4. The molecule has 0 aromatic heterocycles. The quantitative estimate of drug-likeness (QED) is 0.787. The number of nitrogens with one attached hydrogen (secondary N) is 1. The fourth-order valence-electron chi connectivity index (χ4n) is 4.21. The average molecular weight is 433 g/mol. The number of carbonyl (C=O) groups excluding carboxylic acids is 1. The highest BCUT2D eigenvalue weighted by molar-refractivity contribution is 7.89. The summed E-state index contributed by atoms with van der Waals surface area (Å²) in [6, 6.07) is 11.8. The topological polar surface area (TPSA) is 75.7 Å². The van der Waals surface area contributed by atoms with Crippen molar-refractivity contribution in [3.05, 3.63) is 59.4 Å². The van der Waals surface area contributed by atoms with Crippen molar-refractivity contribution in [3.8, 4) is 0 Å². The Balaban J connectivity index is 1.49. The lowest BCUT2D eigenvalue weighted by molar-refractivity contribution is -0.116. The van der Waals surface area contributed by atoms with Crippen LogP contribution in [-0.2, 0) is 26.0 Å². The molecule has 1 unspecified atom stereocenters. The number of hydrogen-bond acceptors (Lipinski definition) is 4. The lowest BCUT2D eigenvalue weighted by Gasteiger charge is -2.26. The molecule has 1 amide bonds. The van der Waals surface area contributed by atoms with Gasteiger partial charge < -0.3 is 10.1 Å². The monoisotopic (exact) mass is 432 g/mol. The minimum absolute atomic E-state index is 0.131. The van der Waals surface area contributed by atoms with E-state index in [4.69, 9.17) is 4.74 Å². The van der Waals surface area contributed by atoms with Gasteiger partial charge in [-0.1, -0.05) is 24.3 Å². The molecule has 0 radical (unpaired) electrons. The normalized spacial score (nSPS) is 19.8. The highest BCUT2D eigenvalue weighted by Gasteiger charge is 2.29. The molecular weight excluding hydrogens is 407 g/mol. The SMILES string of the molecule is O=C(CC1CCCc2ccccc21)Nc1ccc(F)c(S(=O)(=O)N2CCOCC2)c1. The number of benzene rings is 2. The number of amides is 1. The van der Waals surface area contributed by atoms with Crippen molar-refractivity contribution in [3.63, 3.8) is 0 Å². The zero-order chi connectivity index (χ0) is 21.1. The van der Waals surface area contributed by atoms with Crippen molar-refractivity contribution in [2.75, 3.05) is 31.6 Å². The van der Waals surface area contributed by atoms with Gasteiger partial charge in [-0.15, -0.1) is 0 Å². The number of anilines is 1. The molecule has 30 heavy (non-hydrogen) atoms. The molecule has 2 aliphatic rings. The first-order chi connectivity index (χ1) is 14.4. The first-order valence-electron chi connectivity index (χ1n) is 10.2. The molecule has 1 aliphatic carbocycles. The van der Waals surface area contributed by atoms with Gasteiger partial charge in [-0.25, -0.2) is 12.8 Å². The lowest BCUT2D eigenvalue weighted by atomic mass is 9.81. The molecule has 1 saturated heterocycles. The molecule has 1 aliphatic heterocycles. The molecule has 1 atom stereocenters. The molecule has 8 heteroatoms. The Morgan fingerprint density at radius 1 is 1.17 bits per heavy atom. The molecule has 0 saturated carbocycles. The van der Waals surface area contributed by atoms with E-state index in [1.165, 1.54) is 27.6 Å². The van der Waals surface area contributed by atoms with Gasteiger partial charge in [0.25, 0.3) is 0 Å². The number of morpholine rings is 1. The van der Waals surface area contributed by atoms with E-state index in [1.54, 1.807) is 0 Å². The summed E-state index contributed by atoms with van der Waals surface area (Å²) in [5, 5.41) is 2.75. The van der Waals surface area contributed by atoms with Crippen LogP contribution in [0.3, 0.4) is 0 Å². The van der Waals surface area contributed by atoms with E-state index in [-0.39, 0.29) is 43.8 Å². The van der Waals surface area contributed by atoms with Gasteiger partial charge in [0.05, 0.1) is 13.2 Å². The summed E-state index contributed by atoms with van der Waals surface area (Å²) in [5.74, 6) is -0.911. The van der Waals surface area contributed by atoms with E-state index in [0.29, 0.717) is 6.42 Å². The highest BCUT2D eigenvalue weighted by atomic mass is 32.2. The molecule has 2 aromatic carbocycles. The zero-order valence-electron chi connectivity index (χ0n) is 16.6. The van der Waals surface area contributed by atoms with Crippen molar-refractivity contribution < 1.29 is 22.3 Å². The van der Waals surface area contributed by atoms with Crippen molar-refractivity contribution in [1.82, 2.24) is 4.31 Å². The summed E-state index contributed by atoms with van der Waals surface area (Å²) in [4.78, 5) is 12.2. The van der Waals surface area contributed by atoms with Gasteiger partial charge in [0, 0.05) is 25.2 Å². The number of sulfonamides is 1. The minimum atomic E-state index is -3.99. The summed E-state index contributed by atoms with van der Waals surface area (Å²) in [5.41, 5.74) is 2.76. The van der Waals surface area contributed by atoms with Gasteiger partial charge in [-0.05, 0) is 54.5 Å². The van der Waals surface area contributed by atoms with Gasteiger partial charge in [-0.3, -0.25) is 4.79 Å². The minimum Gasteiger partial charge on any atom is -0.379 e. The third kappa shape index (κ3) is 4.40. The third-order valence-corrected chi connectivity index (χ3v) is 7.64. The van der Waals surface area contributed by atoms with E-state index in [1.807, 2.05) is 12.1 Å².